The topological polar surface area (TPSA) is 74.6 Å². The number of nitrogens with one attached hydrogen (secondary N) is 1. The fraction of sp³-hybridized carbons (Fsp3) is 0.176. The van der Waals surface area contributed by atoms with Crippen molar-refractivity contribution in [1.29, 1.82) is 0 Å². The van der Waals surface area contributed by atoms with Gasteiger partial charge in [-0.15, -0.1) is 4.73 Å². The molecule has 0 aliphatic carbocycles. The number of fused-ring (bicyclic) bond motifs is 1. The number of carbonyl (C=O) groups excluding carboxylic acids is 1. The van der Waals surface area contributed by atoms with E-state index in [2.05, 4.69) is 15.0 Å². The summed E-state index contributed by atoms with van der Waals surface area (Å²) in [7, 11) is 1.28. The third-order valence-corrected chi connectivity index (χ3v) is 3.22. The highest BCUT2D eigenvalue weighted by Gasteiger charge is 2.17. The lowest BCUT2D eigenvalue weighted by Crippen LogP contribution is -2.29. The molecule has 24 heavy (non-hydrogen) atoms. The Hall–Kier alpha value is -3.22. The normalized spacial score (nSPS) is 11.8. The Balaban J connectivity index is 1.86. The van der Waals surface area contributed by atoms with Crippen molar-refractivity contribution in [3.63, 3.8) is 0 Å². The number of anilines is 1. The summed E-state index contributed by atoms with van der Waals surface area (Å²) in [6.45, 7) is 1.75. The van der Waals surface area contributed by atoms with Crippen LogP contribution in [0, 0.1) is 0 Å². The van der Waals surface area contributed by atoms with Gasteiger partial charge in [0.15, 0.2) is 0 Å². The van der Waals surface area contributed by atoms with Crippen LogP contribution in [0.1, 0.15) is 6.92 Å². The molecule has 1 atom stereocenters. The Morgan fingerprint density at radius 2 is 1.83 bits per heavy atom. The Labute approximate surface area is 138 Å². The second-order valence-electron chi connectivity index (χ2n) is 4.94. The number of benzene rings is 2. The fourth-order valence-electron chi connectivity index (χ4n) is 2.19. The molecule has 0 aliphatic rings. The lowest BCUT2D eigenvalue weighted by atomic mass is 10.3. The summed E-state index contributed by atoms with van der Waals surface area (Å²) >= 11 is 0. The van der Waals surface area contributed by atoms with Crippen molar-refractivity contribution >= 4 is 23.1 Å². The van der Waals surface area contributed by atoms with Gasteiger partial charge in [-0.2, -0.15) is 0 Å². The minimum atomic E-state index is -0.633. The molecular weight excluding hydrogens is 310 g/mol. The molecule has 124 valence electrons. The Kier molecular flexibility index (Phi) is 4.51. The number of nitrogens with zero attached hydrogens (tertiary/aromatic N) is 2. The molecule has 0 saturated carbocycles. The molecule has 3 rings (SSSR count). The van der Waals surface area contributed by atoms with Crippen LogP contribution in [0.5, 0.6) is 5.75 Å². The van der Waals surface area contributed by atoms with Crippen molar-refractivity contribution in [2.24, 2.45) is 0 Å². The van der Waals surface area contributed by atoms with Crippen LogP contribution in [0.3, 0.4) is 0 Å². The first-order valence-electron chi connectivity index (χ1n) is 7.38. The highest BCUT2D eigenvalue weighted by Crippen LogP contribution is 2.19. The van der Waals surface area contributed by atoms with Gasteiger partial charge in [-0.25, -0.2) is 9.78 Å². The molecule has 0 fully saturated rings. The first-order valence-corrected chi connectivity index (χ1v) is 7.38. The number of rotatable bonds is 5. The van der Waals surface area contributed by atoms with Gasteiger partial charge in [0.1, 0.15) is 11.3 Å². The number of hydrogen-bond acceptors (Lipinski definition) is 5. The molecule has 1 unspecified atom stereocenters. The van der Waals surface area contributed by atoms with Crippen LogP contribution in [0.15, 0.2) is 54.6 Å². The first kappa shape index (κ1) is 15.7. The van der Waals surface area contributed by atoms with Crippen molar-refractivity contribution in [2.75, 3.05) is 12.4 Å². The second kappa shape index (κ2) is 6.91. The third-order valence-electron chi connectivity index (χ3n) is 3.22. The number of ether oxygens (including phenoxy) is 2. The van der Waals surface area contributed by atoms with E-state index in [1.54, 1.807) is 6.92 Å². The molecule has 0 radical (unpaired) electrons. The van der Waals surface area contributed by atoms with Crippen LogP contribution in [0.25, 0.3) is 11.0 Å². The van der Waals surface area contributed by atoms with E-state index in [0.29, 0.717) is 16.8 Å². The molecule has 2 aromatic carbocycles. The van der Waals surface area contributed by atoms with E-state index in [0.717, 1.165) is 0 Å². The largest absolute Gasteiger partial charge is 0.453 e. The highest BCUT2D eigenvalue weighted by atomic mass is 16.8. The van der Waals surface area contributed by atoms with E-state index >= 15 is 0 Å². The average molecular weight is 327 g/mol. The molecule has 0 aliphatic heterocycles. The SMILES string of the molecule is COC(=O)Nc1nc2ccccc2n1OC(C)Oc1ccccc1. The molecule has 0 bridgehead atoms. The smallest absolute Gasteiger partial charge is 0.413 e. The maximum atomic E-state index is 11.5. The van der Waals surface area contributed by atoms with Gasteiger partial charge in [0, 0.05) is 6.92 Å². The summed E-state index contributed by atoms with van der Waals surface area (Å²) in [5, 5.41) is 2.53. The monoisotopic (exact) mass is 327 g/mol. The molecule has 0 saturated heterocycles. The van der Waals surface area contributed by atoms with E-state index in [4.69, 9.17) is 9.57 Å². The van der Waals surface area contributed by atoms with Crippen LogP contribution in [0.2, 0.25) is 0 Å². The Bertz CT molecular complexity index is 832. The van der Waals surface area contributed by atoms with Gasteiger partial charge < -0.3 is 14.3 Å². The number of imidazole rings is 1. The zero-order valence-corrected chi connectivity index (χ0v) is 13.3. The second-order valence-corrected chi connectivity index (χ2v) is 4.94. The minimum absolute atomic E-state index is 0.214. The molecule has 7 heteroatoms. The van der Waals surface area contributed by atoms with E-state index < -0.39 is 12.4 Å². The van der Waals surface area contributed by atoms with E-state index in [9.17, 15) is 4.79 Å². The van der Waals surface area contributed by atoms with Gasteiger partial charge in [-0.3, -0.25) is 5.32 Å². The van der Waals surface area contributed by atoms with Gasteiger partial charge in [-0.05, 0) is 24.3 Å². The third kappa shape index (κ3) is 3.40. The Morgan fingerprint density at radius 3 is 2.58 bits per heavy atom. The van der Waals surface area contributed by atoms with Crippen LogP contribution in [0.4, 0.5) is 10.7 Å². The van der Waals surface area contributed by atoms with Gasteiger partial charge >= 0.3 is 6.09 Å². The van der Waals surface area contributed by atoms with E-state index in [1.165, 1.54) is 11.8 Å². The number of methoxy groups -OCH3 is 1. The van der Waals surface area contributed by atoms with Crippen molar-refractivity contribution < 1.29 is 19.1 Å². The molecule has 0 spiro atoms. The first-order chi connectivity index (χ1) is 11.7. The van der Waals surface area contributed by atoms with E-state index in [1.807, 2.05) is 54.6 Å². The standard InChI is InChI=1S/C17H17N3O4/c1-12(23-13-8-4-3-5-9-13)24-20-15-11-7-6-10-14(15)18-16(20)19-17(21)22-2/h3-12H,1-2H3,(H,18,19,21). The number of hydrogen-bond donors (Lipinski definition) is 1. The van der Waals surface area contributed by atoms with Crippen LogP contribution >= 0.6 is 0 Å². The summed E-state index contributed by atoms with van der Waals surface area (Å²) in [5.74, 6) is 0.892. The summed E-state index contributed by atoms with van der Waals surface area (Å²) in [6, 6.07) is 16.7. The predicted molar refractivity (Wildman–Crippen MR) is 88.9 cm³/mol. The molecule has 7 nitrogen and oxygen atoms in total. The number of aromatic nitrogens is 2. The summed E-state index contributed by atoms with van der Waals surface area (Å²) < 4.78 is 11.7. The summed E-state index contributed by atoms with van der Waals surface area (Å²) in [6.07, 6.45) is -1.24. The van der Waals surface area contributed by atoms with Crippen molar-refractivity contribution in [3.8, 4) is 5.75 Å². The molecule has 1 aromatic heterocycles. The molecule has 1 amide bonds. The molecule has 3 aromatic rings. The lowest BCUT2D eigenvalue weighted by molar-refractivity contribution is -0.0668. The van der Waals surface area contributed by atoms with E-state index in [-0.39, 0.29) is 5.95 Å². The fourth-order valence-corrected chi connectivity index (χ4v) is 2.19. The molecule has 1 heterocycles. The van der Waals surface area contributed by atoms with Gasteiger partial charge in [0.25, 0.3) is 6.29 Å². The number of para-hydroxylation sites is 3. The summed E-state index contributed by atoms with van der Waals surface area (Å²) in [4.78, 5) is 21.7. The number of amides is 1. The lowest BCUT2D eigenvalue weighted by Gasteiger charge is -2.18. The quantitative estimate of drug-likeness (QED) is 0.729. The summed E-state index contributed by atoms with van der Waals surface area (Å²) in [5.41, 5.74) is 1.38. The zero-order chi connectivity index (χ0) is 16.9. The number of carbonyl (C=O) groups is 1. The van der Waals surface area contributed by atoms with Gasteiger partial charge in [-0.1, -0.05) is 30.3 Å². The van der Waals surface area contributed by atoms with Crippen molar-refractivity contribution in [2.45, 2.75) is 13.2 Å². The highest BCUT2D eigenvalue weighted by molar-refractivity contribution is 5.86. The van der Waals surface area contributed by atoms with Crippen LogP contribution in [-0.4, -0.2) is 29.2 Å². The maximum Gasteiger partial charge on any atom is 0.413 e. The van der Waals surface area contributed by atoms with Gasteiger partial charge in [0.2, 0.25) is 5.95 Å². The molecular formula is C17H17N3O4. The average Bonchev–Trinajstić information content (AvgIpc) is 2.93. The Morgan fingerprint density at radius 1 is 1.12 bits per heavy atom. The zero-order valence-electron chi connectivity index (χ0n) is 13.3. The van der Waals surface area contributed by atoms with Crippen LogP contribution in [-0.2, 0) is 4.74 Å². The molecule has 1 N–H and O–H groups in total. The maximum absolute atomic E-state index is 11.5. The minimum Gasteiger partial charge on any atom is -0.453 e. The van der Waals surface area contributed by atoms with Gasteiger partial charge in [0.05, 0.1) is 12.6 Å². The van der Waals surface area contributed by atoms with Crippen molar-refractivity contribution in [1.82, 2.24) is 9.71 Å². The van der Waals surface area contributed by atoms with Crippen molar-refractivity contribution in [3.05, 3.63) is 54.6 Å². The predicted octanol–water partition coefficient (Wildman–Crippen LogP) is 3.07. The van der Waals surface area contributed by atoms with Crippen LogP contribution < -0.4 is 14.9 Å².